The van der Waals surface area contributed by atoms with E-state index < -0.39 is 22.3 Å². The number of rotatable bonds is 5. The van der Waals surface area contributed by atoms with Gasteiger partial charge < -0.3 is 11.1 Å². The lowest BCUT2D eigenvalue weighted by Crippen LogP contribution is -2.29. The molecule has 0 aliphatic heterocycles. The Balaban J connectivity index is 2.15. The number of hydrogen-bond donors (Lipinski definition) is 2. The third kappa shape index (κ3) is 3.04. The molecule has 7 heteroatoms. The van der Waals surface area contributed by atoms with Gasteiger partial charge in [0.15, 0.2) is 5.82 Å². The van der Waals surface area contributed by atoms with Crippen molar-refractivity contribution in [2.45, 2.75) is 19.8 Å². The number of carbonyl (C=O) groups excluding carboxylic acids is 1. The topological polar surface area (TPSA) is 98.3 Å². The number of nitro benzene ring substituents is 1. The van der Waals surface area contributed by atoms with E-state index in [4.69, 9.17) is 5.73 Å². The van der Waals surface area contributed by atoms with Crippen LogP contribution in [-0.2, 0) is 0 Å². The minimum absolute atomic E-state index is 0.211. The molecule has 1 aliphatic carbocycles. The monoisotopic (exact) mass is 281 g/mol. The molecule has 0 saturated heterocycles. The van der Waals surface area contributed by atoms with E-state index in [0.717, 1.165) is 18.9 Å². The molecule has 0 aromatic heterocycles. The average molecular weight is 281 g/mol. The fourth-order valence-corrected chi connectivity index (χ4v) is 2.09. The molecule has 1 unspecified atom stereocenters. The number of halogens is 1. The Kier molecular flexibility index (Phi) is 3.87. The first-order chi connectivity index (χ1) is 9.40. The molecule has 2 rings (SSSR count). The number of nitrogens with two attached hydrogens (primary N) is 1. The molecule has 0 spiro atoms. The number of anilines is 1. The lowest BCUT2D eigenvalue weighted by molar-refractivity contribution is -0.385. The van der Waals surface area contributed by atoms with Crippen LogP contribution in [0, 0.1) is 27.8 Å². The summed E-state index contributed by atoms with van der Waals surface area (Å²) in [6.07, 6.45) is 2.31. The van der Waals surface area contributed by atoms with E-state index in [-0.39, 0.29) is 11.3 Å². The van der Waals surface area contributed by atoms with Crippen LogP contribution in [0.3, 0.4) is 0 Å². The highest BCUT2D eigenvalue weighted by Gasteiger charge is 2.29. The zero-order valence-electron chi connectivity index (χ0n) is 11.1. The average Bonchev–Trinajstić information content (AvgIpc) is 3.22. The summed E-state index contributed by atoms with van der Waals surface area (Å²) in [5.74, 6) is -0.560. The Morgan fingerprint density at radius 3 is 2.80 bits per heavy atom. The Morgan fingerprint density at radius 2 is 2.25 bits per heavy atom. The Morgan fingerprint density at radius 1 is 1.60 bits per heavy atom. The first kappa shape index (κ1) is 14.2. The maximum atomic E-state index is 13.2. The molecule has 3 N–H and O–H groups in total. The smallest absolute Gasteiger partial charge is 0.285 e. The van der Waals surface area contributed by atoms with E-state index >= 15 is 0 Å². The molecule has 1 aromatic carbocycles. The number of nitrogen functional groups attached to an aromatic ring is 1. The predicted molar refractivity (Wildman–Crippen MR) is 71.7 cm³/mol. The molecule has 1 saturated carbocycles. The van der Waals surface area contributed by atoms with Crippen LogP contribution in [0.2, 0.25) is 0 Å². The van der Waals surface area contributed by atoms with Crippen LogP contribution in [0.25, 0.3) is 0 Å². The predicted octanol–water partition coefficient (Wildman–Crippen LogP) is 2.09. The molecule has 0 radical (unpaired) electrons. The van der Waals surface area contributed by atoms with Gasteiger partial charge in [-0.15, -0.1) is 0 Å². The van der Waals surface area contributed by atoms with Crippen LogP contribution in [-0.4, -0.2) is 17.4 Å². The van der Waals surface area contributed by atoms with Gasteiger partial charge in [-0.2, -0.15) is 0 Å². The highest BCUT2D eigenvalue weighted by molar-refractivity contribution is 5.99. The summed E-state index contributed by atoms with van der Waals surface area (Å²) in [4.78, 5) is 22.1. The van der Waals surface area contributed by atoms with Gasteiger partial charge in [0.25, 0.3) is 11.6 Å². The summed E-state index contributed by atoms with van der Waals surface area (Å²) in [7, 11) is 0. The van der Waals surface area contributed by atoms with Gasteiger partial charge in [-0.25, -0.2) is 4.39 Å². The van der Waals surface area contributed by atoms with Crippen molar-refractivity contribution in [3.63, 3.8) is 0 Å². The minimum atomic E-state index is -0.903. The van der Waals surface area contributed by atoms with Crippen LogP contribution < -0.4 is 11.1 Å². The van der Waals surface area contributed by atoms with E-state index in [1.54, 1.807) is 0 Å². The van der Waals surface area contributed by atoms with Crippen molar-refractivity contribution in [2.24, 2.45) is 11.8 Å². The zero-order valence-corrected chi connectivity index (χ0v) is 11.1. The van der Waals surface area contributed by atoms with E-state index in [1.807, 2.05) is 6.92 Å². The number of amides is 1. The summed E-state index contributed by atoms with van der Waals surface area (Å²) in [5, 5.41) is 13.5. The van der Waals surface area contributed by atoms with Crippen LogP contribution >= 0.6 is 0 Å². The zero-order chi connectivity index (χ0) is 14.9. The number of nitro groups is 1. The van der Waals surface area contributed by atoms with Gasteiger partial charge in [-0.05, 0) is 30.7 Å². The third-order valence-corrected chi connectivity index (χ3v) is 3.57. The van der Waals surface area contributed by atoms with E-state index in [0.29, 0.717) is 24.4 Å². The number of nitrogens with one attached hydrogen (secondary N) is 1. The second kappa shape index (κ2) is 5.44. The van der Waals surface area contributed by atoms with Gasteiger partial charge in [-0.1, -0.05) is 6.92 Å². The van der Waals surface area contributed by atoms with Gasteiger partial charge >= 0.3 is 0 Å². The summed E-state index contributed by atoms with van der Waals surface area (Å²) < 4.78 is 13.2. The summed E-state index contributed by atoms with van der Waals surface area (Å²) in [5.41, 5.74) is 4.30. The lowest BCUT2D eigenvalue weighted by atomic mass is 10.1. The van der Waals surface area contributed by atoms with Crippen molar-refractivity contribution < 1.29 is 14.1 Å². The highest BCUT2D eigenvalue weighted by Crippen LogP contribution is 2.36. The Hall–Kier alpha value is -2.18. The van der Waals surface area contributed by atoms with E-state index in [2.05, 4.69) is 5.32 Å². The fraction of sp³-hybridized carbons (Fsp3) is 0.462. The molecule has 1 aliphatic rings. The fourth-order valence-electron chi connectivity index (χ4n) is 2.09. The number of hydrogen-bond acceptors (Lipinski definition) is 4. The largest absolute Gasteiger partial charge is 0.396 e. The molecule has 1 fully saturated rings. The van der Waals surface area contributed by atoms with E-state index in [9.17, 15) is 19.3 Å². The third-order valence-electron chi connectivity index (χ3n) is 3.57. The molecule has 0 heterocycles. The second-order valence-electron chi connectivity index (χ2n) is 5.17. The molecule has 108 valence electrons. The van der Waals surface area contributed by atoms with Crippen LogP contribution in [0.4, 0.5) is 15.8 Å². The van der Waals surface area contributed by atoms with Gasteiger partial charge in [0.05, 0.1) is 16.7 Å². The standard InChI is InChI=1S/C13H16FN3O3/c1-7(8-2-3-8)6-16-13(18)9-4-11(15)10(14)5-12(9)17(19)20/h4-5,7-8H,2-3,6,15H2,1H3,(H,16,18). The molecular weight excluding hydrogens is 265 g/mol. The van der Waals surface area contributed by atoms with Crippen molar-refractivity contribution in [3.05, 3.63) is 33.6 Å². The maximum Gasteiger partial charge on any atom is 0.285 e. The van der Waals surface area contributed by atoms with Gasteiger partial charge in [0, 0.05) is 6.54 Å². The van der Waals surface area contributed by atoms with Crippen molar-refractivity contribution in [1.29, 1.82) is 0 Å². The van der Waals surface area contributed by atoms with Crippen LogP contribution in [0.15, 0.2) is 12.1 Å². The maximum absolute atomic E-state index is 13.2. The lowest BCUT2D eigenvalue weighted by Gasteiger charge is -2.12. The molecule has 6 nitrogen and oxygen atoms in total. The highest BCUT2D eigenvalue weighted by atomic mass is 19.1. The molecule has 1 aromatic rings. The van der Waals surface area contributed by atoms with Gasteiger partial charge in [0.2, 0.25) is 0 Å². The van der Waals surface area contributed by atoms with Gasteiger partial charge in [-0.3, -0.25) is 14.9 Å². The summed E-state index contributed by atoms with van der Waals surface area (Å²) in [6.45, 7) is 2.46. The number of nitrogens with zero attached hydrogens (tertiary/aromatic N) is 1. The number of carbonyl (C=O) groups is 1. The SMILES string of the molecule is CC(CNC(=O)c1cc(N)c(F)cc1[N+](=O)[O-])C1CC1. The normalized spacial score (nSPS) is 15.7. The Bertz CT molecular complexity index is 558. The van der Waals surface area contributed by atoms with Crippen molar-refractivity contribution >= 4 is 17.3 Å². The molecule has 1 amide bonds. The summed E-state index contributed by atoms with van der Waals surface area (Å²) >= 11 is 0. The van der Waals surface area contributed by atoms with Crippen molar-refractivity contribution in [2.75, 3.05) is 12.3 Å². The van der Waals surface area contributed by atoms with Gasteiger partial charge in [0.1, 0.15) is 5.56 Å². The molecular formula is C13H16FN3O3. The van der Waals surface area contributed by atoms with E-state index in [1.165, 1.54) is 0 Å². The molecule has 0 bridgehead atoms. The van der Waals surface area contributed by atoms with Crippen LogP contribution in [0.5, 0.6) is 0 Å². The quantitative estimate of drug-likeness (QED) is 0.490. The molecule has 20 heavy (non-hydrogen) atoms. The minimum Gasteiger partial charge on any atom is -0.396 e. The number of benzene rings is 1. The summed E-state index contributed by atoms with van der Waals surface area (Å²) in [6, 6.07) is 1.68. The first-order valence-electron chi connectivity index (χ1n) is 6.41. The van der Waals surface area contributed by atoms with Crippen molar-refractivity contribution in [3.8, 4) is 0 Å². The van der Waals surface area contributed by atoms with Crippen LogP contribution in [0.1, 0.15) is 30.1 Å². The first-order valence-corrected chi connectivity index (χ1v) is 6.41. The van der Waals surface area contributed by atoms with Crippen molar-refractivity contribution in [1.82, 2.24) is 5.32 Å². The second-order valence-corrected chi connectivity index (χ2v) is 5.17. The Labute approximate surface area is 115 Å². The molecule has 1 atom stereocenters.